The van der Waals surface area contributed by atoms with Gasteiger partial charge in [0.05, 0.1) is 11.1 Å². The molecule has 0 radical (unpaired) electrons. The smallest absolute Gasteiger partial charge is 0.343 e. The Kier molecular flexibility index (Phi) is 5.39. The molecule has 0 aliphatic rings. The molecule has 0 fully saturated rings. The molecule has 3 aromatic carbocycles. The molecular formula is C20H10F4O4. The first-order valence-corrected chi connectivity index (χ1v) is 7.77. The van der Waals surface area contributed by atoms with Crippen LogP contribution >= 0.6 is 0 Å². The highest BCUT2D eigenvalue weighted by molar-refractivity contribution is 5.96. The van der Waals surface area contributed by atoms with E-state index in [9.17, 15) is 27.2 Å². The molecule has 0 atom stereocenters. The number of carbonyl (C=O) groups excluding carboxylic acids is 2. The Morgan fingerprint density at radius 1 is 0.571 bits per heavy atom. The van der Waals surface area contributed by atoms with Gasteiger partial charge < -0.3 is 9.47 Å². The predicted octanol–water partition coefficient (Wildman–Crippen LogP) is 4.68. The lowest BCUT2D eigenvalue weighted by molar-refractivity contribution is 0.0733. The first-order chi connectivity index (χ1) is 13.3. The van der Waals surface area contributed by atoms with Gasteiger partial charge in [-0.25, -0.2) is 27.2 Å². The van der Waals surface area contributed by atoms with Crippen molar-refractivity contribution in [2.24, 2.45) is 0 Å². The molecule has 3 rings (SSSR count). The zero-order valence-electron chi connectivity index (χ0n) is 13.9. The summed E-state index contributed by atoms with van der Waals surface area (Å²) in [6.45, 7) is 0. The van der Waals surface area contributed by atoms with E-state index in [2.05, 4.69) is 0 Å². The molecule has 0 unspecified atom stereocenters. The second-order valence-corrected chi connectivity index (χ2v) is 5.57. The van der Waals surface area contributed by atoms with E-state index in [1.165, 1.54) is 18.2 Å². The average Bonchev–Trinajstić information content (AvgIpc) is 2.60. The van der Waals surface area contributed by atoms with Gasteiger partial charge in [0, 0.05) is 36.4 Å². The van der Waals surface area contributed by atoms with E-state index < -0.39 is 35.2 Å². The Hall–Kier alpha value is -3.68. The van der Waals surface area contributed by atoms with Crippen LogP contribution in [-0.4, -0.2) is 11.9 Å². The third-order valence-corrected chi connectivity index (χ3v) is 3.43. The highest BCUT2D eigenvalue weighted by atomic mass is 19.1. The van der Waals surface area contributed by atoms with Crippen molar-refractivity contribution in [1.82, 2.24) is 0 Å². The minimum atomic E-state index is -0.976. The van der Waals surface area contributed by atoms with Gasteiger partial charge in [-0.15, -0.1) is 0 Å². The Morgan fingerprint density at radius 2 is 0.929 bits per heavy atom. The number of esters is 2. The van der Waals surface area contributed by atoms with Crippen LogP contribution in [-0.2, 0) is 0 Å². The average molecular weight is 390 g/mol. The first kappa shape index (κ1) is 19.1. The lowest BCUT2D eigenvalue weighted by Crippen LogP contribution is -2.13. The number of ether oxygens (including phenoxy) is 2. The largest absolute Gasteiger partial charge is 0.423 e. The van der Waals surface area contributed by atoms with Gasteiger partial charge in [-0.05, 0) is 18.2 Å². The van der Waals surface area contributed by atoms with Gasteiger partial charge >= 0.3 is 11.9 Å². The van der Waals surface area contributed by atoms with E-state index in [1.807, 2.05) is 0 Å². The van der Waals surface area contributed by atoms with Crippen LogP contribution < -0.4 is 9.47 Å². The summed E-state index contributed by atoms with van der Waals surface area (Å²) in [7, 11) is 0. The summed E-state index contributed by atoms with van der Waals surface area (Å²) in [5, 5.41) is 0. The maximum Gasteiger partial charge on any atom is 0.343 e. The molecule has 0 aliphatic carbocycles. The SMILES string of the molecule is O=C(Oc1cc(F)cc(F)c1)c1cccc(C(=O)Oc2cc(F)cc(F)c2)c1. The van der Waals surface area contributed by atoms with E-state index in [4.69, 9.17) is 9.47 Å². The Balaban J connectivity index is 1.77. The van der Waals surface area contributed by atoms with E-state index in [1.54, 1.807) is 0 Å². The normalized spacial score (nSPS) is 10.4. The predicted molar refractivity (Wildman–Crippen MR) is 89.1 cm³/mol. The standard InChI is InChI=1S/C20H10F4O4/c21-13-5-14(22)8-17(7-13)27-19(25)11-2-1-3-12(4-11)20(26)28-18-9-15(23)6-16(24)10-18/h1-10H. The molecule has 0 saturated heterocycles. The fourth-order valence-electron chi connectivity index (χ4n) is 2.28. The Labute approximate surface area is 155 Å². The van der Waals surface area contributed by atoms with Gasteiger partial charge in [-0.3, -0.25) is 0 Å². The molecule has 0 aromatic heterocycles. The summed E-state index contributed by atoms with van der Waals surface area (Å²) in [5.74, 6) is -6.38. The molecule has 0 N–H and O–H groups in total. The summed E-state index contributed by atoms with van der Waals surface area (Å²) in [6, 6.07) is 9.55. The van der Waals surface area contributed by atoms with Gasteiger partial charge in [0.25, 0.3) is 0 Å². The van der Waals surface area contributed by atoms with E-state index in [0.717, 1.165) is 30.3 Å². The van der Waals surface area contributed by atoms with Crippen molar-refractivity contribution in [3.8, 4) is 11.5 Å². The lowest BCUT2D eigenvalue weighted by Gasteiger charge is -2.07. The molecular weight excluding hydrogens is 380 g/mol. The summed E-state index contributed by atoms with van der Waals surface area (Å²) >= 11 is 0. The quantitative estimate of drug-likeness (QED) is 0.369. The molecule has 0 heterocycles. The van der Waals surface area contributed by atoms with Crippen LogP contribution in [0.3, 0.4) is 0 Å². The highest BCUT2D eigenvalue weighted by Gasteiger charge is 2.15. The van der Waals surface area contributed by atoms with Crippen LogP contribution in [0.15, 0.2) is 60.7 Å². The van der Waals surface area contributed by atoms with Crippen LogP contribution in [0.4, 0.5) is 17.6 Å². The summed E-state index contributed by atoms with van der Waals surface area (Å²) in [5.41, 5.74) is -0.214. The Bertz CT molecular complexity index is 945. The van der Waals surface area contributed by atoms with Gasteiger partial charge in [-0.1, -0.05) is 6.07 Å². The van der Waals surface area contributed by atoms with E-state index in [0.29, 0.717) is 12.1 Å². The molecule has 0 aliphatic heterocycles. The third-order valence-electron chi connectivity index (χ3n) is 3.43. The van der Waals surface area contributed by atoms with Crippen molar-refractivity contribution < 1.29 is 36.6 Å². The fraction of sp³-hybridized carbons (Fsp3) is 0. The molecule has 0 spiro atoms. The molecule has 0 amide bonds. The number of halogens is 4. The van der Waals surface area contributed by atoms with Gasteiger partial charge in [0.2, 0.25) is 0 Å². The van der Waals surface area contributed by atoms with Crippen LogP contribution in [0.1, 0.15) is 20.7 Å². The minimum absolute atomic E-state index is 0.107. The molecule has 3 aromatic rings. The van der Waals surface area contributed by atoms with Crippen LogP contribution in [0.25, 0.3) is 0 Å². The minimum Gasteiger partial charge on any atom is -0.423 e. The van der Waals surface area contributed by atoms with Crippen molar-refractivity contribution in [2.45, 2.75) is 0 Å². The van der Waals surface area contributed by atoms with Crippen molar-refractivity contribution in [3.05, 3.63) is 95.1 Å². The van der Waals surface area contributed by atoms with E-state index in [-0.39, 0.29) is 22.6 Å². The number of rotatable bonds is 4. The second kappa shape index (κ2) is 7.91. The van der Waals surface area contributed by atoms with Crippen molar-refractivity contribution >= 4 is 11.9 Å². The summed E-state index contributed by atoms with van der Waals surface area (Å²) in [4.78, 5) is 24.3. The Morgan fingerprint density at radius 3 is 1.29 bits per heavy atom. The maximum atomic E-state index is 13.2. The highest BCUT2D eigenvalue weighted by Crippen LogP contribution is 2.19. The monoisotopic (exact) mass is 390 g/mol. The molecule has 4 nitrogen and oxygen atoms in total. The maximum absolute atomic E-state index is 13.2. The van der Waals surface area contributed by atoms with Crippen LogP contribution in [0.5, 0.6) is 11.5 Å². The van der Waals surface area contributed by atoms with E-state index >= 15 is 0 Å². The van der Waals surface area contributed by atoms with Crippen molar-refractivity contribution in [2.75, 3.05) is 0 Å². The lowest BCUT2D eigenvalue weighted by atomic mass is 10.1. The molecule has 0 saturated carbocycles. The number of hydrogen-bond donors (Lipinski definition) is 0. The van der Waals surface area contributed by atoms with Crippen molar-refractivity contribution in [3.63, 3.8) is 0 Å². The molecule has 142 valence electrons. The van der Waals surface area contributed by atoms with Gasteiger partial charge in [0.15, 0.2) is 0 Å². The van der Waals surface area contributed by atoms with Crippen LogP contribution in [0, 0.1) is 23.3 Å². The molecule has 0 bridgehead atoms. The number of hydrogen-bond acceptors (Lipinski definition) is 4. The topological polar surface area (TPSA) is 52.6 Å². The molecule has 8 heteroatoms. The zero-order chi connectivity index (χ0) is 20.3. The third kappa shape index (κ3) is 4.73. The molecule has 28 heavy (non-hydrogen) atoms. The van der Waals surface area contributed by atoms with Crippen LogP contribution in [0.2, 0.25) is 0 Å². The zero-order valence-corrected chi connectivity index (χ0v) is 13.9. The first-order valence-electron chi connectivity index (χ1n) is 7.77. The second-order valence-electron chi connectivity index (χ2n) is 5.57. The summed E-state index contributed by atoms with van der Waals surface area (Å²) < 4.78 is 62.4. The van der Waals surface area contributed by atoms with Crippen molar-refractivity contribution in [1.29, 1.82) is 0 Å². The number of carbonyl (C=O) groups is 2. The number of benzene rings is 3. The van der Waals surface area contributed by atoms with Gasteiger partial charge in [0.1, 0.15) is 34.8 Å². The summed E-state index contributed by atoms with van der Waals surface area (Å²) in [6.07, 6.45) is 0. The van der Waals surface area contributed by atoms with Gasteiger partial charge in [-0.2, -0.15) is 0 Å². The fourth-order valence-corrected chi connectivity index (χ4v) is 2.28.